The van der Waals surface area contributed by atoms with E-state index in [1.54, 1.807) is 18.2 Å². The van der Waals surface area contributed by atoms with Crippen molar-refractivity contribution in [3.63, 3.8) is 0 Å². The van der Waals surface area contributed by atoms with Gasteiger partial charge < -0.3 is 20.1 Å². The monoisotopic (exact) mass is 407 g/mol. The van der Waals surface area contributed by atoms with Crippen molar-refractivity contribution in [2.24, 2.45) is 0 Å². The number of imide groups is 1. The molecule has 1 spiro atoms. The third-order valence-corrected chi connectivity index (χ3v) is 5.85. The molecule has 4 amide bonds. The second-order valence-corrected chi connectivity index (χ2v) is 7.62. The van der Waals surface area contributed by atoms with Gasteiger partial charge in [0.15, 0.2) is 5.54 Å². The van der Waals surface area contributed by atoms with Gasteiger partial charge in [-0.1, -0.05) is 36.4 Å². The first kappa shape index (κ1) is 18.5. The van der Waals surface area contributed by atoms with Crippen molar-refractivity contribution in [1.82, 2.24) is 15.5 Å². The summed E-state index contributed by atoms with van der Waals surface area (Å²) in [4.78, 5) is 39.6. The van der Waals surface area contributed by atoms with Crippen LogP contribution in [0.15, 0.2) is 48.5 Å². The summed E-state index contributed by atoms with van der Waals surface area (Å²) in [5.74, 6) is 0.493. The second kappa shape index (κ2) is 7.05. The number of carbonyl (C=O) groups excluding carboxylic acids is 3. The van der Waals surface area contributed by atoms with E-state index in [-0.39, 0.29) is 12.6 Å². The molecule has 5 rings (SSSR count). The highest BCUT2D eigenvalue weighted by Crippen LogP contribution is 2.41. The minimum absolute atomic E-state index is 0.221. The van der Waals surface area contributed by atoms with Crippen LogP contribution in [0.4, 0.5) is 4.79 Å². The van der Waals surface area contributed by atoms with Crippen molar-refractivity contribution < 1.29 is 23.9 Å². The molecule has 30 heavy (non-hydrogen) atoms. The fraction of sp³-hybridized carbons (Fsp3) is 0.318. The van der Waals surface area contributed by atoms with Gasteiger partial charge in [-0.3, -0.25) is 14.5 Å². The molecule has 0 bridgehead atoms. The number of para-hydroxylation sites is 2. The molecule has 1 fully saturated rings. The van der Waals surface area contributed by atoms with E-state index in [9.17, 15) is 14.4 Å². The zero-order valence-electron chi connectivity index (χ0n) is 16.2. The fourth-order valence-electron chi connectivity index (χ4n) is 4.39. The van der Waals surface area contributed by atoms with E-state index < -0.39 is 23.4 Å². The van der Waals surface area contributed by atoms with Gasteiger partial charge in [-0.2, -0.15) is 0 Å². The van der Waals surface area contributed by atoms with E-state index in [0.717, 1.165) is 16.2 Å². The molecule has 8 heteroatoms. The Morgan fingerprint density at radius 2 is 1.80 bits per heavy atom. The van der Waals surface area contributed by atoms with E-state index >= 15 is 0 Å². The Morgan fingerprint density at radius 1 is 1.07 bits per heavy atom. The third-order valence-electron chi connectivity index (χ3n) is 5.85. The van der Waals surface area contributed by atoms with Gasteiger partial charge in [0.05, 0.1) is 19.3 Å². The third kappa shape index (κ3) is 2.87. The van der Waals surface area contributed by atoms with Crippen LogP contribution in [0.25, 0.3) is 0 Å². The van der Waals surface area contributed by atoms with Gasteiger partial charge in [0.25, 0.3) is 5.91 Å². The number of nitrogens with one attached hydrogen (secondary N) is 2. The van der Waals surface area contributed by atoms with Crippen molar-refractivity contribution in [2.45, 2.75) is 24.4 Å². The van der Waals surface area contributed by atoms with E-state index in [2.05, 4.69) is 10.6 Å². The van der Waals surface area contributed by atoms with Crippen molar-refractivity contribution in [3.8, 4) is 11.5 Å². The average molecular weight is 407 g/mol. The summed E-state index contributed by atoms with van der Waals surface area (Å²) >= 11 is 0. The lowest BCUT2D eigenvalue weighted by Crippen LogP contribution is -2.48. The molecular formula is C22H21N3O5. The number of hydrogen-bond acceptors (Lipinski definition) is 5. The van der Waals surface area contributed by atoms with E-state index in [0.29, 0.717) is 37.4 Å². The highest BCUT2D eigenvalue weighted by molar-refractivity contribution is 6.09. The maximum atomic E-state index is 13.3. The Morgan fingerprint density at radius 3 is 2.67 bits per heavy atom. The average Bonchev–Trinajstić information content (AvgIpc) is 2.99. The van der Waals surface area contributed by atoms with Crippen molar-refractivity contribution >= 4 is 17.8 Å². The van der Waals surface area contributed by atoms with Gasteiger partial charge in [0.1, 0.15) is 18.0 Å². The first-order valence-corrected chi connectivity index (χ1v) is 9.96. The van der Waals surface area contributed by atoms with Crippen LogP contribution in [0.1, 0.15) is 30.0 Å². The van der Waals surface area contributed by atoms with E-state index in [4.69, 9.17) is 9.47 Å². The number of ether oxygens (including phenoxy) is 2. The molecule has 2 N–H and O–H groups in total. The number of hydrogen-bond donors (Lipinski definition) is 2. The Balaban J connectivity index is 1.34. The number of carbonyl (C=O) groups is 3. The Bertz CT molecular complexity index is 1040. The lowest BCUT2D eigenvalue weighted by molar-refractivity contribution is -0.136. The van der Waals surface area contributed by atoms with Crippen LogP contribution in [-0.2, 0) is 15.1 Å². The summed E-state index contributed by atoms with van der Waals surface area (Å²) in [6, 6.07) is 13.9. The van der Waals surface area contributed by atoms with Crippen molar-refractivity contribution in [1.29, 1.82) is 0 Å². The molecule has 0 saturated carbocycles. The Kier molecular flexibility index (Phi) is 4.34. The largest absolute Gasteiger partial charge is 0.493 e. The highest BCUT2D eigenvalue weighted by Gasteiger charge is 2.55. The maximum Gasteiger partial charge on any atom is 0.325 e. The molecule has 1 saturated heterocycles. The quantitative estimate of drug-likeness (QED) is 0.757. The molecule has 8 nitrogen and oxygen atoms in total. The second-order valence-electron chi connectivity index (χ2n) is 7.62. The molecule has 154 valence electrons. The van der Waals surface area contributed by atoms with Crippen LogP contribution in [0, 0.1) is 0 Å². The maximum absolute atomic E-state index is 13.3. The van der Waals surface area contributed by atoms with Gasteiger partial charge in [-0.25, -0.2) is 4.79 Å². The molecule has 3 aliphatic heterocycles. The standard InChI is InChI=1S/C22H21N3O5/c26-19(23-16-9-11-29-17-7-3-1-5-14(16)17)13-25-20(27)22(24-21(25)28)10-12-30-18-8-4-2-6-15(18)22/h1-8,16H,9-13H2,(H,23,26)(H,24,28). The summed E-state index contributed by atoms with van der Waals surface area (Å²) < 4.78 is 11.3. The number of nitrogens with zero attached hydrogens (tertiary/aromatic N) is 1. The zero-order chi connectivity index (χ0) is 20.7. The van der Waals surface area contributed by atoms with Crippen LogP contribution >= 0.6 is 0 Å². The summed E-state index contributed by atoms with van der Waals surface area (Å²) in [5.41, 5.74) is 0.331. The molecular weight excluding hydrogens is 386 g/mol. The van der Waals surface area contributed by atoms with Gasteiger partial charge in [0.2, 0.25) is 5.91 Å². The Hall–Kier alpha value is -3.55. The number of fused-ring (bicyclic) bond motifs is 3. The smallest absolute Gasteiger partial charge is 0.325 e. The van der Waals surface area contributed by atoms with E-state index in [1.165, 1.54) is 0 Å². The predicted molar refractivity (Wildman–Crippen MR) is 106 cm³/mol. The number of urea groups is 1. The summed E-state index contributed by atoms with van der Waals surface area (Å²) in [7, 11) is 0. The molecule has 3 heterocycles. The molecule has 0 radical (unpaired) electrons. The SMILES string of the molecule is O=C(CN1C(=O)NC2(CCOc3ccccc32)C1=O)NC1CCOc2ccccc21. The lowest BCUT2D eigenvalue weighted by atomic mass is 9.84. The molecule has 2 aromatic carbocycles. The molecule has 0 aromatic heterocycles. The minimum atomic E-state index is -1.18. The van der Waals surface area contributed by atoms with Gasteiger partial charge in [-0.15, -0.1) is 0 Å². The van der Waals surface area contributed by atoms with Crippen LogP contribution in [0.5, 0.6) is 11.5 Å². The van der Waals surface area contributed by atoms with Crippen molar-refractivity contribution in [2.75, 3.05) is 19.8 Å². The van der Waals surface area contributed by atoms with Crippen molar-refractivity contribution in [3.05, 3.63) is 59.7 Å². The highest BCUT2D eigenvalue weighted by atomic mass is 16.5. The van der Waals surface area contributed by atoms with Crippen LogP contribution < -0.4 is 20.1 Å². The molecule has 2 atom stereocenters. The summed E-state index contributed by atoms with van der Waals surface area (Å²) in [6.45, 7) is 0.460. The summed E-state index contributed by atoms with van der Waals surface area (Å²) in [5, 5.41) is 5.74. The predicted octanol–water partition coefficient (Wildman–Crippen LogP) is 1.86. The minimum Gasteiger partial charge on any atom is -0.493 e. The van der Waals surface area contributed by atoms with E-state index in [1.807, 2.05) is 30.3 Å². The van der Waals surface area contributed by atoms with Gasteiger partial charge in [-0.05, 0) is 12.1 Å². The molecule has 2 unspecified atom stereocenters. The first-order chi connectivity index (χ1) is 14.6. The Labute approximate surface area is 173 Å². The zero-order valence-corrected chi connectivity index (χ0v) is 16.2. The molecule has 3 aliphatic rings. The van der Waals surface area contributed by atoms with Gasteiger partial charge in [0, 0.05) is 24.0 Å². The fourth-order valence-corrected chi connectivity index (χ4v) is 4.39. The molecule has 0 aliphatic carbocycles. The van der Waals surface area contributed by atoms with Crippen LogP contribution in [-0.4, -0.2) is 42.5 Å². The topological polar surface area (TPSA) is 97.0 Å². The lowest BCUT2D eigenvalue weighted by Gasteiger charge is -2.33. The first-order valence-electron chi connectivity index (χ1n) is 9.96. The van der Waals surface area contributed by atoms with Crippen LogP contribution in [0.2, 0.25) is 0 Å². The number of amides is 4. The number of rotatable bonds is 3. The number of benzene rings is 2. The molecule has 2 aromatic rings. The summed E-state index contributed by atoms with van der Waals surface area (Å²) in [6.07, 6.45) is 0.942. The van der Waals surface area contributed by atoms with Crippen LogP contribution in [0.3, 0.4) is 0 Å². The normalized spacial score (nSPS) is 24.4. The van der Waals surface area contributed by atoms with Gasteiger partial charge >= 0.3 is 6.03 Å².